The molecule has 21 heavy (non-hydrogen) atoms. The molecule has 0 atom stereocenters. The van der Waals surface area contributed by atoms with Crippen LogP contribution >= 0.6 is 0 Å². The van der Waals surface area contributed by atoms with Crippen molar-refractivity contribution in [3.8, 4) is 17.6 Å². The fourth-order valence-electron chi connectivity index (χ4n) is 1.93. The topological polar surface area (TPSA) is 58.6 Å². The molecule has 1 aliphatic rings. The Balaban J connectivity index is 2.03. The molecule has 1 N–H and O–H groups in total. The average molecular weight is 306 g/mol. The first-order chi connectivity index (χ1) is 10.1. The van der Waals surface area contributed by atoms with Gasteiger partial charge < -0.3 is 10.1 Å². The van der Waals surface area contributed by atoms with E-state index in [1.165, 1.54) is 10.4 Å². The first kappa shape index (κ1) is 15.6. The fraction of sp³-hybridized carbons (Fsp3) is 0.333. The van der Waals surface area contributed by atoms with Crippen LogP contribution in [0.1, 0.15) is 5.56 Å². The molecule has 2 rings (SSSR count). The van der Waals surface area contributed by atoms with Gasteiger partial charge in [0.2, 0.25) is 10.0 Å². The van der Waals surface area contributed by atoms with E-state index in [9.17, 15) is 8.42 Å². The number of hydrogen-bond donors (Lipinski definition) is 1. The normalized spacial score (nSPS) is 16.4. The largest absolute Gasteiger partial charge is 0.497 e. The maximum atomic E-state index is 12.0. The van der Waals surface area contributed by atoms with Crippen molar-refractivity contribution in [1.29, 1.82) is 0 Å². The Morgan fingerprint density at radius 1 is 1.33 bits per heavy atom. The van der Waals surface area contributed by atoms with Gasteiger partial charge in [-0.1, -0.05) is 17.9 Å². The van der Waals surface area contributed by atoms with Crippen molar-refractivity contribution in [3.63, 3.8) is 0 Å². The van der Waals surface area contributed by atoms with Crippen LogP contribution in [0.4, 0.5) is 0 Å². The van der Waals surface area contributed by atoms with Gasteiger partial charge in [0.25, 0.3) is 0 Å². The lowest BCUT2D eigenvalue weighted by Gasteiger charge is -2.24. The maximum Gasteiger partial charge on any atom is 0.236 e. The van der Waals surface area contributed by atoms with Crippen LogP contribution in [0.15, 0.2) is 35.7 Å². The van der Waals surface area contributed by atoms with Crippen LogP contribution < -0.4 is 10.1 Å². The van der Waals surface area contributed by atoms with E-state index in [4.69, 9.17) is 4.74 Å². The smallest absolute Gasteiger partial charge is 0.236 e. The standard InChI is InChI=1S/C15H18N2O3S/c1-20-15-7-4-6-14(13-15)5-2-3-12-21(18,19)17-10-8-16-9-11-17/h3-4,6-7,12-13,16H,8-11H2,1H3/b12-3-. The van der Waals surface area contributed by atoms with Crippen molar-refractivity contribution >= 4 is 10.0 Å². The van der Waals surface area contributed by atoms with E-state index < -0.39 is 10.0 Å². The zero-order valence-electron chi connectivity index (χ0n) is 11.9. The van der Waals surface area contributed by atoms with E-state index in [0.717, 1.165) is 16.7 Å². The Kier molecular flexibility index (Phi) is 5.39. The van der Waals surface area contributed by atoms with Gasteiger partial charge in [-0.2, -0.15) is 4.31 Å². The third kappa shape index (κ3) is 4.60. The molecule has 1 heterocycles. The molecule has 1 saturated heterocycles. The van der Waals surface area contributed by atoms with Gasteiger partial charge in [0.05, 0.1) is 12.5 Å². The predicted molar refractivity (Wildman–Crippen MR) is 82.4 cm³/mol. The highest BCUT2D eigenvalue weighted by molar-refractivity contribution is 7.92. The van der Waals surface area contributed by atoms with Gasteiger partial charge in [-0.15, -0.1) is 0 Å². The Morgan fingerprint density at radius 2 is 2.10 bits per heavy atom. The summed E-state index contributed by atoms with van der Waals surface area (Å²) in [6.45, 7) is 2.36. The molecule has 1 aliphatic heterocycles. The second kappa shape index (κ2) is 7.27. The second-order valence-corrected chi connectivity index (χ2v) is 6.32. The van der Waals surface area contributed by atoms with Gasteiger partial charge in [-0.3, -0.25) is 0 Å². The first-order valence-electron chi connectivity index (χ1n) is 6.65. The molecular formula is C15H18N2O3S. The van der Waals surface area contributed by atoms with Crippen LogP contribution in [-0.4, -0.2) is 46.0 Å². The number of hydrogen-bond acceptors (Lipinski definition) is 4. The van der Waals surface area contributed by atoms with Crippen molar-refractivity contribution in [2.24, 2.45) is 0 Å². The van der Waals surface area contributed by atoms with E-state index in [1.54, 1.807) is 13.2 Å². The lowest BCUT2D eigenvalue weighted by atomic mass is 10.2. The molecule has 6 heteroatoms. The molecule has 0 spiro atoms. The van der Waals surface area contributed by atoms with Gasteiger partial charge in [0.15, 0.2) is 0 Å². The minimum absolute atomic E-state index is 0.496. The van der Waals surface area contributed by atoms with Crippen LogP contribution in [0.5, 0.6) is 5.75 Å². The van der Waals surface area contributed by atoms with Crippen molar-refractivity contribution in [1.82, 2.24) is 9.62 Å². The summed E-state index contributed by atoms with van der Waals surface area (Å²) in [6, 6.07) is 7.31. The van der Waals surface area contributed by atoms with Gasteiger partial charge in [0.1, 0.15) is 5.75 Å². The number of rotatable bonds is 3. The molecule has 0 radical (unpaired) electrons. The summed E-state index contributed by atoms with van der Waals surface area (Å²) < 4.78 is 30.6. The lowest BCUT2D eigenvalue weighted by Crippen LogP contribution is -2.45. The molecule has 0 amide bonds. The number of nitrogens with one attached hydrogen (secondary N) is 1. The minimum atomic E-state index is -3.37. The van der Waals surface area contributed by atoms with E-state index >= 15 is 0 Å². The number of allylic oxidation sites excluding steroid dienone is 1. The summed E-state index contributed by atoms with van der Waals surface area (Å²) in [5.41, 5.74) is 0.776. The second-order valence-electron chi connectivity index (χ2n) is 4.50. The molecule has 0 aliphatic carbocycles. The highest BCUT2D eigenvalue weighted by atomic mass is 32.2. The van der Waals surface area contributed by atoms with E-state index in [1.807, 2.05) is 18.2 Å². The quantitative estimate of drug-likeness (QED) is 0.839. The summed E-state index contributed by atoms with van der Waals surface area (Å²) in [4.78, 5) is 0. The molecule has 0 unspecified atom stereocenters. The number of sulfonamides is 1. The summed E-state index contributed by atoms with van der Waals surface area (Å²) in [6.07, 6.45) is 1.37. The molecule has 5 nitrogen and oxygen atoms in total. The molecule has 1 aromatic rings. The summed E-state index contributed by atoms with van der Waals surface area (Å²) >= 11 is 0. The number of ether oxygens (including phenoxy) is 1. The first-order valence-corrected chi connectivity index (χ1v) is 8.15. The molecule has 0 aromatic heterocycles. The Labute approximate surface area is 125 Å². The SMILES string of the molecule is COc1cccc(C#C/C=C\S(=O)(=O)N2CCNCC2)c1. The Hall–Kier alpha value is -1.81. The van der Waals surface area contributed by atoms with Crippen LogP contribution in [0.3, 0.4) is 0 Å². The Morgan fingerprint density at radius 3 is 2.81 bits per heavy atom. The number of benzene rings is 1. The van der Waals surface area contributed by atoms with E-state index in [0.29, 0.717) is 26.2 Å². The van der Waals surface area contributed by atoms with Gasteiger partial charge in [-0.25, -0.2) is 8.42 Å². The van der Waals surface area contributed by atoms with Crippen LogP contribution in [0.25, 0.3) is 0 Å². The summed E-state index contributed by atoms with van der Waals surface area (Å²) in [5, 5.41) is 4.27. The molecule has 112 valence electrons. The van der Waals surface area contributed by atoms with Gasteiger partial charge >= 0.3 is 0 Å². The van der Waals surface area contributed by atoms with Crippen LogP contribution in [-0.2, 0) is 10.0 Å². The molecular weight excluding hydrogens is 288 g/mol. The minimum Gasteiger partial charge on any atom is -0.497 e. The van der Waals surface area contributed by atoms with Crippen molar-refractivity contribution in [3.05, 3.63) is 41.3 Å². The van der Waals surface area contributed by atoms with Crippen molar-refractivity contribution in [2.45, 2.75) is 0 Å². The lowest BCUT2D eigenvalue weighted by molar-refractivity contribution is 0.364. The zero-order chi connectivity index (χ0) is 15.1. The third-order valence-corrected chi connectivity index (χ3v) is 4.61. The van der Waals surface area contributed by atoms with Crippen molar-refractivity contribution in [2.75, 3.05) is 33.3 Å². The molecule has 1 fully saturated rings. The monoisotopic (exact) mass is 306 g/mol. The van der Waals surface area contributed by atoms with Crippen molar-refractivity contribution < 1.29 is 13.2 Å². The molecule has 0 bridgehead atoms. The van der Waals surface area contributed by atoms with E-state index in [2.05, 4.69) is 17.2 Å². The van der Waals surface area contributed by atoms with E-state index in [-0.39, 0.29) is 0 Å². The summed E-state index contributed by atoms with van der Waals surface area (Å²) in [5.74, 6) is 6.34. The van der Waals surface area contributed by atoms with Gasteiger partial charge in [0, 0.05) is 37.8 Å². The number of nitrogens with zero attached hydrogens (tertiary/aromatic N) is 1. The average Bonchev–Trinajstić information content (AvgIpc) is 2.53. The van der Waals surface area contributed by atoms with Gasteiger partial charge in [-0.05, 0) is 18.2 Å². The Bertz CT molecular complexity index is 666. The summed E-state index contributed by atoms with van der Waals surface area (Å²) in [7, 11) is -1.78. The molecule has 1 aromatic carbocycles. The molecule has 0 saturated carbocycles. The fourth-order valence-corrected chi connectivity index (χ4v) is 3.03. The van der Waals surface area contributed by atoms with Crippen LogP contribution in [0, 0.1) is 11.8 Å². The highest BCUT2D eigenvalue weighted by Crippen LogP contribution is 2.11. The number of piperazine rings is 1. The van der Waals surface area contributed by atoms with Crippen LogP contribution in [0.2, 0.25) is 0 Å². The highest BCUT2D eigenvalue weighted by Gasteiger charge is 2.20. The zero-order valence-corrected chi connectivity index (χ0v) is 12.7. The predicted octanol–water partition coefficient (Wildman–Crippen LogP) is 0.795. The third-order valence-electron chi connectivity index (χ3n) is 3.05. The maximum absolute atomic E-state index is 12.0. The number of methoxy groups -OCH3 is 1.